The molecule has 1 saturated heterocycles. The fourth-order valence-corrected chi connectivity index (χ4v) is 3.41. The van der Waals surface area contributed by atoms with Crippen molar-refractivity contribution in [2.45, 2.75) is 17.4 Å². The van der Waals surface area contributed by atoms with Crippen LogP contribution in [0.3, 0.4) is 0 Å². The highest BCUT2D eigenvalue weighted by atomic mass is 35.5. The largest absolute Gasteiger partial charge is 0.326 e. The number of rotatable bonds is 2. The zero-order valence-corrected chi connectivity index (χ0v) is 11.5. The molecule has 8 heteroatoms. The summed E-state index contributed by atoms with van der Waals surface area (Å²) in [6, 6.07) is 4.65. The van der Waals surface area contributed by atoms with Crippen molar-refractivity contribution in [3.05, 3.63) is 29.6 Å². The van der Waals surface area contributed by atoms with Gasteiger partial charge in [-0.15, -0.1) is 12.4 Å². The van der Waals surface area contributed by atoms with Crippen LogP contribution < -0.4 is 5.73 Å². The molecule has 0 unspecified atom stereocenters. The van der Waals surface area contributed by atoms with Gasteiger partial charge < -0.3 is 5.73 Å². The van der Waals surface area contributed by atoms with E-state index in [9.17, 15) is 12.8 Å². The molecule has 1 fully saturated rings. The predicted octanol–water partition coefficient (Wildman–Crippen LogP) is 0.841. The Bertz CT molecular complexity index is 615. The summed E-state index contributed by atoms with van der Waals surface area (Å²) in [4.78, 5) is -0.0745. The van der Waals surface area contributed by atoms with Crippen molar-refractivity contribution < 1.29 is 12.8 Å². The van der Waals surface area contributed by atoms with E-state index in [1.165, 1.54) is 4.31 Å². The van der Waals surface area contributed by atoms with Gasteiger partial charge in [0.2, 0.25) is 10.0 Å². The van der Waals surface area contributed by atoms with Crippen molar-refractivity contribution >= 4 is 22.4 Å². The lowest BCUT2D eigenvalue weighted by molar-refractivity contribution is 0.472. The number of hydrogen-bond acceptors (Lipinski definition) is 4. The molecule has 0 bridgehead atoms. The quantitative estimate of drug-likeness (QED) is 0.877. The van der Waals surface area contributed by atoms with E-state index in [0.29, 0.717) is 13.0 Å². The van der Waals surface area contributed by atoms with Gasteiger partial charge in [-0.2, -0.15) is 9.57 Å². The first-order chi connectivity index (χ1) is 8.45. The second-order valence-electron chi connectivity index (χ2n) is 4.17. The molecule has 1 heterocycles. The van der Waals surface area contributed by atoms with Crippen LogP contribution in [-0.2, 0) is 10.0 Å². The molecule has 1 aromatic carbocycles. The van der Waals surface area contributed by atoms with E-state index in [1.54, 1.807) is 6.07 Å². The molecule has 5 nitrogen and oxygen atoms in total. The number of nitriles is 1. The minimum absolute atomic E-state index is 0. The molecular weight excluding hydrogens is 293 g/mol. The summed E-state index contributed by atoms with van der Waals surface area (Å²) in [6.45, 7) is 0.602. The van der Waals surface area contributed by atoms with Crippen LogP contribution in [-0.4, -0.2) is 31.9 Å². The fourth-order valence-electron chi connectivity index (χ4n) is 1.87. The average molecular weight is 306 g/mol. The number of nitrogens with zero attached hydrogens (tertiary/aromatic N) is 2. The third kappa shape index (κ3) is 3.04. The van der Waals surface area contributed by atoms with E-state index in [4.69, 9.17) is 11.0 Å². The zero-order chi connectivity index (χ0) is 13.3. The Balaban J connectivity index is 0.00000180. The molecule has 19 heavy (non-hydrogen) atoms. The molecule has 0 saturated carbocycles. The van der Waals surface area contributed by atoms with Crippen LogP contribution in [0.4, 0.5) is 4.39 Å². The highest BCUT2D eigenvalue weighted by molar-refractivity contribution is 7.89. The summed E-state index contributed by atoms with van der Waals surface area (Å²) in [7, 11) is -3.69. The topological polar surface area (TPSA) is 87.2 Å². The second-order valence-corrected chi connectivity index (χ2v) is 6.10. The molecule has 0 radical (unpaired) electrons. The minimum atomic E-state index is -3.69. The lowest BCUT2D eigenvalue weighted by atomic mass is 10.2. The highest BCUT2D eigenvalue weighted by Gasteiger charge is 2.31. The first-order valence-electron chi connectivity index (χ1n) is 5.40. The molecule has 1 aliphatic heterocycles. The summed E-state index contributed by atoms with van der Waals surface area (Å²) in [5, 5.41) is 8.70. The van der Waals surface area contributed by atoms with Crippen LogP contribution in [0.5, 0.6) is 0 Å². The number of benzene rings is 1. The van der Waals surface area contributed by atoms with Gasteiger partial charge in [0.1, 0.15) is 11.9 Å². The predicted molar refractivity (Wildman–Crippen MR) is 69.7 cm³/mol. The van der Waals surface area contributed by atoms with E-state index in [2.05, 4.69) is 0 Å². The maximum absolute atomic E-state index is 13.1. The van der Waals surface area contributed by atoms with Gasteiger partial charge in [0.15, 0.2) is 0 Å². The summed E-state index contributed by atoms with van der Waals surface area (Å²) < 4.78 is 38.8. The standard InChI is InChI=1S/C11H12FN3O2S.ClH/c12-11-2-1-10(5-8(11)6-13)18(16,17)15-4-3-9(14)7-15;/h1-2,5,9H,3-4,7,14H2;1H/t9-;/m1./s1. The average Bonchev–Trinajstić information content (AvgIpc) is 2.77. The normalized spacial score (nSPS) is 19.7. The van der Waals surface area contributed by atoms with Gasteiger partial charge in [0.25, 0.3) is 0 Å². The summed E-state index contributed by atoms with van der Waals surface area (Å²) >= 11 is 0. The zero-order valence-electron chi connectivity index (χ0n) is 9.91. The third-order valence-electron chi connectivity index (χ3n) is 2.88. The molecular formula is C11H13ClFN3O2S. The lowest BCUT2D eigenvalue weighted by Gasteiger charge is -2.16. The number of hydrogen-bond donors (Lipinski definition) is 1. The summed E-state index contributed by atoms with van der Waals surface area (Å²) in [6.07, 6.45) is 0.603. The summed E-state index contributed by atoms with van der Waals surface area (Å²) in [5.41, 5.74) is 5.38. The fraction of sp³-hybridized carbons (Fsp3) is 0.364. The smallest absolute Gasteiger partial charge is 0.243 e. The van der Waals surface area contributed by atoms with E-state index in [0.717, 1.165) is 18.2 Å². The second kappa shape index (κ2) is 5.84. The lowest BCUT2D eigenvalue weighted by Crippen LogP contribution is -2.32. The number of sulfonamides is 1. The Morgan fingerprint density at radius 3 is 2.68 bits per heavy atom. The molecule has 104 valence electrons. The van der Waals surface area contributed by atoms with Crippen molar-refractivity contribution in [1.29, 1.82) is 5.26 Å². The SMILES string of the molecule is Cl.N#Cc1cc(S(=O)(=O)N2CC[C@@H](N)C2)ccc1F. The first kappa shape index (κ1) is 15.9. The molecule has 0 aliphatic carbocycles. The maximum atomic E-state index is 13.1. The summed E-state index contributed by atoms with van der Waals surface area (Å²) in [5.74, 6) is -0.727. The Morgan fingerprint density at radius 2 is 2.16 bits per heavy atom. The van der Waals surface area contributed by atoms with E-state index >= 15 is 0 Å². The molecule has 1 aliphatic rings. The number of nitrogens with two attached hydrogens (primary N) is 1. The van der Waals surface area contributed by atoms with Crippen LogP contribution >= 0.6 is 12.4 Å². The van der Waals surface area contributed by atoms with E-state index < -0.39 is 15.8 Å². The van der Waals surface area contributed by atoms with E-state index in [-0.39, 0.29) is 35.5 Å². The first-order valence-corrected chi connectivity index (χ1v) is 6.84. The van der Waals surface area contributed by atoms with Crippen molar-refractivity contribution in [1.82, 2.24) is 4.31 Å². The molecule has 2 N–H and O–H groups in total. The van der Waals surface area contributed by atoms with Crippen molar-refractivity contribution in [3.63, 3.8) is 0 Å². The van der Waals surface area contributed by atoms with Crippen LogP contribution in [0, 0.1) is 17.1 Å². The monoisotopic (exact) mass is 305 g/mol. The Kier molecular flexibility index (Phi) is 4.87. The van der Waals surface area contributed by atoms with Gasteiger partial charge in [-0.25, -0.2) is 12.8 Å². The van der Waals surface area contributed by atoms with Gasteiger partial charge in [0, 0.05) is 19.1 Å². The van der Waals surface area contributed by atoms with Gasteiger partial charge in [-0.1, -0.05) is 0 Å². The number of halogens is 2. The molecule has 0 spiro atoms. The van der Waals surface area contributed by atoms with Gasteiger partial charge in [0.05, 0.1) is 10.5 Å². The molecule has 2 rings (SSSR count). The van der Waals surface area contributed by atoms with Crippen LogP contribution in [0.25, 0.3) is 0 Å². The Morgan fingerprint density at radius 1 is 1.47 bits per heavy atom. The van der Waals surface area contributed by atoms with Crippen molar-refractivity contribution in [3.8, 4) is 6.07 Å². The Labute approximate surface area is 117 Å². The minimum Gasteiger partial charge on any atom is -0.326 e. The maximum Gasteiger partial charge on any atom is 0.243 e. The van der Waals surface area contributed by atoms with Crippen LogP contribution in [0.1, 0.15) is 12.0 Å². The van der Waals surface area contributed by atoms with Gasteiger partial charge >= 0.3 is 0 Å². The van der Waals surface area contributed by atoms with E-state index in [1.807, 2.05) is 0 Å². The molecule has 1 atom stereocenters. The molecule has 1 aromatic rings. The van der Waals surface area contributed by atoms with Crippen molar-refractivity contribution in [2.75, 3.05) is 13.1 Å². The van der Waals surface area contributed by atoms with Crippen molar-refractivity contribution in [2.24, 2.45) is 5.73 Å². The van der Waals surface area contributed by atoms with Crippen LogP contribution in [0.15, 0.2) is 23.1 Å². The van der Waals surface area contributed by atoms with Gasteiger partial charge in [-0.05, 0) is 24.6 Å². The molecule has 0 amide bonds. The molecule has 0 aromatic heterocycles. The Hall–Kier alpha value is -1.20. The highest BCUT2D eigenvalue weighted by Crippen LogP contribution is 2.22. The van der Waals surface area contributed by atoms with Crippen LogP contribution in [0.2, 0.25) is 0 Å². The third-order valence-corrected chi connectivity index (χ3v) is 4.74. The van der Waals surface area contributed by atoms with Gasteiger partial charge in [-0.3, -0.25) is 0 Å².